The Kier molecular flexibility index (Phi) is 5.87. The topological polar surface area (TPSA) is 86.3 Å². The van der Waals surface area contributed by atoms with Gasteiger partial charge in [-0.3, -0.25) is 0 Å². The van der Waals surface area contributed by atoms with E-state index in [1.165, 1.54) is 6.07 Å². The third-order valence-electron chi connectivity index (χ3n) is 4.88. The molecule has 2 aromatic heterocycles. The largest absolute Gasteiger partial charge is 0.352 e. The Labute approximate surface area is 177 Å². The van der Waals surface area contributed by atoms with Gasteiger partial charge in [0.25, 0.3) is 0 Å². The minimum Gasteiger partial charge on any atom is -0.352 e. The van der Waals surface area contributed by atoms with Crippen LogP contribution in [-0.2, 0) is 0 Å². The highest BCUT2D eigenvalue weighted by Crippen LogP contribution is 2.18. The van der Waals surface area contributed by atoms with Crippen molar-refractivity contribution in [3.05, 3.63) is 65.9 Å². The average molecular weight is 425 g/mol. The number of amides is 2. The van der Waals surface area contributed by atoms with Crippen LogP contribution >= 0.6 is 0 Å². The summed E-state index contributed by atoms with van der Waals surface area (Å²) < 4.78 is 26.3. The lowest BCUT2D eigenvalue weighted by Crippen LogP contribution is -2.50. The molecule has 2 amide bonds. The maximum absolute atomic E-state index is 13.3. The molecule has 2 N–H and O–H groups in total. The van der Waals surface area contributed by atoms with Crippen LogP contribution in [0.25, 0.3) is 0 Å². The number of rotatable bonds is 4. The number of nitrogens with one attached hydrogen (secondary N) is 2. The summed E-state index contributed by atoms with van der Waals surface area (Å²) in [6.07, 6.45) is 1.77. The van der Waals surface area contributed by atoms with E-state index < -0.39 is 11.6 Å². The van der Waals surface area contributed by atoms with Crippen LogP contribution in [0.1, 0.15) is 5.56 Å². The standard InChI is InChI=1S/C21H21F2N7O/c1-14-2-5-18(24-13-14)26-19-6-7-20(28-27-19)29-8-10-30(11-9-29)21(31)25-15-3-4-16(22)17(23)12-15/h2-7,12-13H,8-11H2,1H3,(H,25,31)(H,24,26,27). The zero-order chi connectivity index (χ0) is 21.8. The molecule has 4 rings (SSSR count). The molecule has 0 unspecified atom stereocenters. The number of nitrogens with zero attached hydrogens (tertiary/aromatic N) is 5. The summed E-state index contributed by atoms with van der Waals surface area (Å²) in [5.41, 5.74) is 1.29. The fourth-order valence-corrected chi connectivity index (χ4v) is 3.15. The molecule has 1 aromatic carbocycles. The van der Waals surface area contributed by atoms with Crippen molar-refractivity contribution in [2.75, 3.05) is 41.7 Å². The number of piperazine rings is 1. The molecule has 3 heterocycles. The summed E-state index contributed by atoms with van der Waals surface area (Å²) >= 11 is 0. The van der Waals surface area contributed by atoms with E-state index in [4.69, 9.17) is 0 Å². The number of urea groups is 1. The van der Waals surface area contributed by atoms with Gasteiger partial charge in [-0.1, -0.05) is 6.07 Å². The predicted octanol–water partition coefficient (Wildman–Crippen LogP) is 3.56. The van der Waals surface area contributed by atoms with Gasteiger partial charge in [0.05, 0.1) is 0 Å². The first-order valence-electron chi connectivity index (χ1n) is 9.77. The third-order valence-corrected chi connectivity index (χ3v) is 4.88. The average Bonchev–Trinajstić information content (AvgIpc) is 2.78. The summed E-state index contributed by atoms with van der Waals surface area (Å²) in [6.45, 7) is 4.05. The molecule has 160 valence electrons. The number of carbonyl (C=O) groups excluding carboxylic acids is 1. The molecule has 1 saturated heterocycles. The van der Waals surface area contributed by atoms with Gasteiger partial charge in [0.15, 0.2) is 23.3 Å². The molecule has 0 bridgehead atoms. The molecular formula is C21H21F2N7O. The number of anilines is 4. The van der Waals surface area contributed by atoms with Crippen LogP contribution in [0.4, 0.5) is 36.7 Å². The second-order valence-corrected chi connectivity index (χ2v) is 7.16. The number of carbonyl (C=O) groups is 1. The van der Waals surface area contributed by atoms with Gasteiger partial charge in [0, 0.05) is 44.1 Å². The first-order chi connectivity index (χ1) is 15.0. The van der Waals surface area contributed by atoms with Crippen LogP contribution in [0.15, 0.2) is 48.7 Å². The number of hydrogen-bond acceptors (Lipinski definition) is 6. The van der Waals surface area contributed by atoms with Gasteiger partial charge < -0.3 is 20.4 Å². The molecule has 0 saturated carbocycles. The molecular weight excluding hydrogens is 404 g/mol. The number of aromatic nitrogens is 3. The summed E-state index contributed by atoms with van der Waals surface area (Å²) in [4.78, 5) is 20.3. The Balaban J connectivity index is 1.30. The van der Waals surface area contributed by atoms with Crippen molar-refractivity contribution in [1.29, 1.82) is 0 Å². The number of benzene rings is 1. The van der Waals surface area contributed by atoms with Gasteiger partial charge in [-0.25, -0.2) is 18.6 Å². The van der Waals surface area contributed by atoms with E-state index in [-0.39, 0.29) is 11.7 Å². The highest BCUT2D eigenvalue weighted by atomic mass is 19.2. The number of pyridine rings is 1. The molecule has 0 aliphatic carbocycles. The van der Waals surface area contributed by atoms with Crippen LogP contribution in [-0.4, -0.2) is 52.3 Å². The molecule has 1 aliphatic heterocycles. The van der Waals surface area contributed by atoms with Gasteiger partial charge in [0.2, 0.25) is 0 Å². The van der Waals surface area contributed by atoms with E-state index in [9.17, 15) is 13.6 Å². The minimum atomic E-state index is -1.00. The van der Waals surface area contributed by atoms with Crippen molar-refractivity contribution in [1.82, 2.24) is 20.1 Å². The monoisotopic (exact) mass is 425 g/mol. The Bertz CT molecular complexity index is 1050. The molecule has 8 nitrogen and oxygen atoms in total. The molecule has 0 atom stereocenters. The number of halogens is 2. The molecule has 31 heavy (non-hydrogen) atoms. The maximum atomic E-state index is 13.3. The highest BCUT2D eigenvalue weighted by molar-refractivity contribution is 5.89. The molecule has 1 fully saturated rings. The van der Waals surface area contributed by atoms with Crippen molar-refractivity contribution < 1.29 is 13.6 Å². The Morgan fingerprint density at radius 2 is 1.71 bits per heavy atom. The first kappa shape index (κ1) is 20.5. The van der Waals surface area contributed by atoms with Crippen LogP contribution < -0.4 is 15.5 Å². The zero-order valence-electron chi connectivity index (χ0n) is 16.8. The van der Waals surface area contributed by atoms with Gasteiger partial charge in [0.1, 0.15) is 5.82 Å². The summed E-state index contributed by atoms with van der Waals surface area (Å²) in [7, 11) is 0. The summed E-state index contributed by atoms with van der Waals surface area (Å²) in [5.74, 6) is 0.0300. The van der Waals surface area contributed by atoms with Crippen molar-refractivity contribution in [3.63, 3.8) is 0 Å². The fraction of sp³-hybridized carbons (Fsp3) is 0.238. The second-order valence-electron chi connectivity index (χ2n) is 7.16. The summed E-state index contributed by atoms with van der Waals surface area (Å²) in [6, 6.07) is 10.4. The van der Waals surface area contributed by atoms with Crippen molar-refractivity contribution in [3.8, 4) is 0 Å². The minimum absolute atomic E-state index is 0.211. The highest BCUT2D eigenvalue weighted by Gasteiger charge is 2.22. The Hall–Kier alpha value is -3.82. The second kappa shape index (κ2) is 8.90. The van der Waals surface area contributed by atoms with Crippen LogP contribution in [0.2, 0.25) is 0 Å². The van der Waals surface area contributed by atoms with E-state index >= 15 is 0 Å². The van der Waals surface area contributed by atoms with Crippen LogP contribution in [0.5, 0.6) is 0 Å². The van der Waals surface area contributed by atoms with Crippen LogP contribution in [0, 0.1) is 18.6 Å². The van der Waals surface area contributed by atoms with E-state index in [0.29, 0.717) is 43.6 Å². The van der Waals surface area contributed by atoms with E-state index in [1.807, 2.05) is 36.1 Å². The Morgan fingerprint density at radius 1 is 0.935 bits per heavy atom. The third kappa shape index (κ3) is 5.03. The van der Waals surface area contributed by atoms with E-state index in [2.05, 4.69) is 25.8 Å². The summed E-state index contributed by atoms with van der Waals surface area (Å²) in [5, 5.41) is 14.1. The van der Waals surface area contributed by atoms with Gasteiger partial charge >= 0.3 is 6.03 Å². The molecule has 1 aliphatic rings. The van der Waals surface area contributed by atoms with Crippen molar-refractivity contribution >= 4 is 29.2 Å². The van der Waals surface area contributed by atoms with Gasteiger partial charge in [-0.2, -0.15) is 0 Å². The zero-order valence-corrected chi connectivity index (χ0v) is 16.8. The molecule has 0 radical (unpaired) electrons. The van der Waals surface area contributed by atoms with E-state index in [0.717, 1.165) is 17.7 Å². The number of aryl methyl sites for hydroxylation is 1. The Morgan fingerprint density at radius 3 is 2.35 bits per heavy atom. The SMILES string of the molecule is Cc1ccc(Nc2ccc(N3CCN(C(=O)Nc4ccc(F)c(F)c4)CC3)nn2)nc1. The van der Waals surface area contributed by atoms with E-state index in [1.54, 1.807) is 11.1 Å². The maximum Gasteiger partial charge on any atom is 0.321 e. The van der Waals surface area contributed by atoms with Crippen LogP contribution in [0.3, 0.4) is 0 Å². The predicted molar refractivity (Wildman–Crippen MR) is 113 cm³/mol. The normalized spacial score (nSPS) is 13.8. The number of hydrogen-bond donors (Lipinski definition) is 2. The smallest absolute Gasteiger partial charge is 0.321 e. The van der Waals surface area contributed by atoms with Crippen molar-refractivity contribution in [2.24, 2.45) is 0 Å². The molecule has 10 heteroatoms. The lowest BCUT2D eigenvalue weighted by atomic mass is 10.3. The lowest BCUT2D eigenvalue weighted by molar-refractivity contribution is 0.208. The molecule has 3 aromatic rings. The molecule has 0 spiro atoms. The quantitative estimate of drug-likeness (QED) is 0.665. The van der Waals surface area contributed by atoms with Gasteiger partial charge in [-0.15, -0.1) is 10.2 Å². The first-order valence-corrected chi connectivity index (χ1v) is 9.77. The lowest BCUT2D eigenvalue weighted by Gasteiger charge is -2.35. The van der Waals surface area contributed by atoms with Crippen molar-refractivity contribution in [2.45, 2.75) is 6.92 Å². The fourth-order valence-electron chi connectivity index (χ4n) is 3.15. The van der Waals surface area contributed by atoms with Gasteiger partial charge in [-0.05, 0) is 42.8 Å².